The van der Waals surface area contributed by atoms with Crippen LogP contribution in [0.2, 0.25) is 0 Å². The molecule has 0 heterocycles. The minimum atomic E-state index is -0.333. The Bertz CT molecular complexity index is 1250. The van der Waals surface area contributed by atoms with E-state index in [1.54, 1.807) is 0 Å². The maximum atomic E-state index is 13.0. The van der Waals surface area contributed by atoms with Crippen molar-refractivity contribution in [3.8, 4) is 16.9 Å². The van der Waals surface area contributed by atoms with Gasteiger partial charge in [-0.3, -0.25) is 0 Å². The molecule has 0 aliphatic rings. The molecule has 0 aliphatic heterocycles. The summed E-state index contributed by atoms with van der Waals surface area (Å²) >= 11 is 0. The van der Waals surface area contributed by atoms with E-state index < -0.39 is 0 Å². The van der Waals surface area contributed by atoms with Gasteiger partial charge in [-0.25, -0.2) is 4.79 Å². The number of rotatable bonds is 26. The molecule has 2 unspecified atom stereocenters. The van der Waals surface area contributed by atoms with Gasteiger partial charge in [0.1, 0.15) is 5.75 Å². The molecule has 0 N–H and O–H groups in total. The van der Waals surface area contributed by atoms with Crippen LogP contribution in [0.3, 0.4) is 0 Å². The fourth-order valence-corrected chi connectivity index (χ4v) is 6.80. The number of carbonyl (C=O) groups is 1. The largest absolute Gasteiger partial charge is 0.423 e. The molecule has 3 rings (SSSR count). The Balaban J connectivity index is 1.49. The first kappa shape index (κ1) is 39.5. The summed E-state index contributed by atoms with van der Waals surface area (Å²) in [5.41, 5.74) is 5.54. The number of hydrogen-bond acceptors (Lipinski definition) is 3. The second-order valence-corrected chi connectivity index (χ2v) is 13.9. The minimum Gasteiger partial charge on any atom is -0.423 e. The monoisotopic (exact) mass is 655 g/mol. The molecule has 3 aromatic carbocycles. The quantitative estimate of drug-likeness (QED) is 0.0491. The van der Waals surface area contributed by atoms with Gasteiger partial charge in [-0.2, -0.15) is 0 Å². The summed E-state index contributed by atoms with van der Waals surface area (Å²) in [6, 6.07) is 24.5. The topological polar surface area (TPSA) is 35.5 Å². The average Bonchev–Trinajstić information content (AvgIpc) is 3.12. The van der Waals surface area contributed by atoms with Crippen LogP contribution >= 0.6 is 0 Å². The van der Waals surface area contributed by atoms with Gasteiger partial charge in [0.2, 0.25) is 0 Å². The van der Waals surface area contributed by atoms with Crippen molar-refractivity contribution in [2.24, 2.45) is 0 Å². The Labute approximate surface area is 294 Å². The van der Waals surface area contributed by atoms with E-state index in [2.05, 4.69) is 64.1 Å². The number of hydrogen-bond donors (Lipinski definition) is 0. The molecule has 0 aliphatic carbocycles. The standard InChI is InChI=1S/C45H66O3/c1-5-8-10-12-14-15-16-18-20-25-39(24-7-3)43-26-21-22-27-44(43)40-28-30-41(31-29-40)45(46)48-42-34-32-38(33-35-42)37(4)47-36-23-19-17-13-11-9-6-2/h21-22,26-35,37,39H,5-20,23-25,36H2,1-4H3. The van der Waals surface area contributed by atoms with E-state index in [-0.39, 0.29) is 12.1 Å². The van der Waals surface area contributed by atoms with Crippen molar-refractivity contribution in [2.75, 3.05) is 6.61 Å². The van der Waals surface area contributed by atoms with Crippen molar-refractivity contribution in [1.82, 2.24) is 0 Å². The number of carbonyl (C=O) groups excluding carboxylic acids is 1. The van der Waals surface area contributed by atoms with Crippen LogP contribution in [0.4, 0.5) is 0 Å². The SMILES string of the molecule is CCCCCCCCCCCC(CCC)c1ccccc1-c1ccc(C(=O)Oc2ccc(C(C)OCCCCCCCCC)cc2)cc1. The highest BCUT2D eigenvalue weighted by Gasteiger charge is 2.17. The van der Waals surface area contributed by atoms with E-state index in [0.29, 0.717) is 17.2 Å². The lowest BCUT2D eigenvalue weighted by Crippen LogP contribution is -2.08. The lowest BCUT2D eigenvalue weighted by Gasteiger charge is -2.21. The molecule has 3 aromatic rings. The van der Waals surface area contributed by atoms with Crippen LogP contribution in [-0.4, -0.2) is 12.6 Å². The van der Waals surface area contributed by atoms with Crippen molar-refractivity contribution in [3.63, 3.8) is 0 Å². The number of esters is 1. The van der Waals surface area contributed by atoms with Gasteiger partial charge in [-0.15, -0.1) is 0 Å². The molecule has 0 spiro atoms. The number of unbranched alkanes of at least 4 members (excludes halogenated alkanes) is 14. The van der Waals surface area contributed by atoms with Crippen molar-refractivity contribution in [3.05, 3.63) is 89.5 Å². The van der Waals surface area contributed by atoms with Gasteiger partial charge >= 0.3 is 5.97 Å². The van der Waals surface area contributed by atoms with E-state index in [1.807, 2.05) is 36.4 Å². The van der Waals surface area contributed by atoms with Crippen molar-refractivity contribution < 1.29 is 14.3 Å². The van der Waals surface area contributed by atoms with Crippen LogP contribution in [0.5, 0.6) is 5.75 Å². The summed E-state index contributed by atoms with van der Waals surface area (Å²) in [4.78, 5) is 13.0. The maximum Gasteiger partial charge on any atom is 0.343 e. The number of ether oxygens (including phenoxy) is 2. The van der Waals surface area contributed by atoms with E-state index in [1.165, 1.54) is 127 Å². The normalized spacial score (nSPS) is 12.6. The van der Waals surface area contributed by atoms with E-state index in [0.717, 1.165) is 24.2 Å². The van der Waals surface area contributed by atoms with Crippen molar-refractivity contribution >= 4 is 5.97 Å². The Morgan fingerprint density at radius 3 is 1.75 bits per heavy atom. The molecule has 0 radical (unpaired) electrons. The highest BCUT2D eigenvalue weighted by atomic mass is 16.5. The Morgan fingerprint density at radius 1 is 0.583 bits per heavy atom. The predicted molar refractivity (Wildman–Crippen MR) is 205 cm³/mol. The third-order valence-corrected chi connectivity index (χ3v) is 9.80. The molecule has 0 aromatic heterocycles. The molecule has 0 saturated carbocycles. The van der Waals surface area contributed by atoms with Crippen LogP contribution < -0.4 is 4.74 Å². The molecule has 3 heteroatoms. The lowest BCUT2D eigenvalue weighted by molar-refractivity contribution is 0.0627. The van der Waals surface area contributed by atoms with Gasteiger partial charge in [0.15, 0.2) is 0 Å². The highest BCUT2D eigenvalue weighted by Crippen LogP contribution is 2.35. The predicted octanol–water partition coefficient (Wildman–Crippen LogP) is 14.2. The summed E-state index contributed by atoms with van der Waals surface area (Å²) in [5.74, 6) is 0.785. The van der Waals surface area contributed by atoms with E-state index in [9.17, 15) is 4.79 Å². The second-order valence-electron chi connectivity index (χ2n) is 13.9. The third kappa shape index (κ3) is 14.7. The average molecular weight is 655 g/mol. The van der Waals surface area contributed by atoms with Crippen LogP contribution in [0, 0.1) is 0 Å². The first-order valence-electron chi connectivity index (χ1n) is 19.7. The second kappa shape index (κ2) is 24.3. The highest BCUT2D eigenvalue weighted by molar-refractivity contribution is 5.91. The molecule has 48 heavy (non-hydrogen) atoms. The van der Waals surface area contributed by atoms with Crippen LogP contribution in [0.25, 0.3) is 11.1 Å². The molecule has 264 valence electrons. The molecular formula is C45H66O3. The molecule has 0 bridgehead atoms. The molecule has 0 saturated heterocycles. The lowest BCUT2D eigenvalue weighted by atomic mass is 9.84. The molecule has 0 fully saturated rings. The van der Waals surface area contributed by atoms with Gasteiger partial charge in [-0.05, 0) is 78.6 Å². The smallest absolute Gasteiger partial charge is 0.343 e. The fourth-order valence-electron chi connectivity index (χ4n) is 6.80. The Hall–Kier alpha value is -2.91. The first-order chi connectivity index (χ1) is 23.6. The zero-order valence-electron chi connectivity index (χ0n) is 30.9. The van der Waals surface area contributed by atoms with Gasteiger partial charge in [-0.1, -0.05) is 172 Å². The van der Waals surface area contributed by atoms with Gasteiger partial charge in [0.05, 0.1) is 11.7 Å². The van der Waals surface area contributed by atoms with Crippen LogP contribution in [-0.2, 0) is 4.74 Å². The van der Waals surface area contributed by atoms with Crippen molar-refractivity contribution in [1.29, 1.82) is 0 Å². The maximum absolute atomic E-state index is 13.0. The Morgan fingerprint density at radius 2 is 1.15 bits per heavy atom. The molecule has 2 atom stereocenters. The van der Waals surface area contributed by atoms with Crippen molar-refractivity contribution in [2.45, 2.75) is 162 Å². The van der Waals surface area contributed by atoms with E-state index >= 15 is 0 Å². The molecule has 3 nitrogen and oxygen atoms in total. The van der Waals surface area contributed by atoms with Gasteiger partial charge in [0, 0.05) is 6.61 Å². The van der Waals surface area contributed by atoms with Crippen LogP contribution in [0.15, 0.2) is 72.8 Å². The summed E-state index contributed by atoms with van der Waals surface area (Å²) in [6.45, 7) is 9.71. The summed E-state index contributed by atoms with van der Waals surface area (Å²) in [5, 5.41) is 0. The Kier molecular flexibility index (Phi) is 20.0. The zero-order valence-corrected chi connectivity index (χ0v) is 30.9. The summed E-state index contributed by atoms with van der Waals surface area (Å²) in [6.07, 6.45) is 24.9. The van der Waals surface area contributed by atoms with Gasteiger partial charge in [0.25, 0.3) is 0 Å². The van der Waals surface area contributed by atoms with E-state index in [4.69, 9.17) is 9.47 Å². The van der Waals surface area contributed by atoms with Crippen LogP contribution in [0.1, 0.15) is 183 Å². The third-order valence-electron chi connectivity index (χ3n) is 9.80. The summed E-state index contributed by atoms with van der Waals surface area (Å²) < 4.78 is 11.8. The minimum absolute atomic E-state index is 0.0206. The zero-order chi connectivity index (χ0) is 34.2. The molecular weight excluding hydrogens is 588 g/mol. The number of benzene rings is 3. The summed E-state index contributed by atoms with van der Waals surface area (Å²) in [7, 11) is 0. The fraction of sp³-hybridized carbons (Fsp3) is 0.578. The van der Waals surface area contributed by atoms with Gasteiger partial charge < -0.3 is 9.47 Å². The molecule has 0 amide bonds. The first-order valence-corrected chi connectivity index (χ1v) is 19.7.